The van der Waals surface area contributed by atoms with Gasteiger partial charge >= 0.3 is 5.69 Å². The number of tetrazole rings is 1. The van der Waals surface area contributed by atoms with Crippen LogP contribution in [0.15, 0.2) is 83.7 Å². The Hall–Kier alpha value is -4.33. The summed E-state index contributed by atoms with van der Waals surface area (Å²) in [6.07, 6.45) is 1.93. The van der Waals surface area contributed by atoms with Crippen LogP contribution in [0.25, 0.3) is 22.5 Å². The maximum atomic E-state index is 15.6. The summed E-state index contributed by atoms with van der Waals surface area (Å²) in [4.78, 5) is 13.4. The van der Waals surface area contributed by atoms with Gasteiger partial charge in [-0.05, 0) is 52.6 Å². The van der Waals surface area contributed by atoms with E-state index in [-0.39, 0.29) is 5.69 Å². The molecule has 5 rings (SSSR count). The molecular formula is C30H31FN6O. The predicted molar refractivity (Wildman–Crippen MR) is 146 cm³/mol. The van der Waals surface area contributed by atoms with Gasteiger partial charge in [-0.2, -0.15) is 9.60 Å². The number of hydrogen-bond acceptors (Lipinski definition) is 4. The van der Waals surface area contributed by atoms with Gasteiger partial charge in [0.1, 0.15) is 0 Å². The highest BCUT2D eigenvalue weighted by molar-refractivity contribution is 5.80. The monoisotopic (exact) mass is 510 g/mol. The van der Waals surface area contributed by atoms with E-state index < -0.39 is 5.95 Å². The minimum Gasteiger partial charge on any atom is -0.289 e. The largest absolute Gasteiger partial charge is 0.330 e. The van der Waals surface area contributed by atoms with Gasteiger partial charge in [0.05, 0.1) is 12.2 Å². The minimum absolute atomic E-state index is 0.302. The molecule has 0 aliphatic heterocycles. The van der Waals surface area contributed by atoms with E-state index in [0.717, 1.165) is 34.2 Å². The first kappa shape index (κ1) is 25.3. The first-order valence-electron chi connectivity index (χ1n) is 12.9. The standard InChI is InChI=1S/C30H31FN6O/c1-21(2)12-17-27-28(31)36(19-18-22-8-4-3-5-9-22)30(38)37(27)20-23-13-15-24(16-14-23)25-10-6-7-11-26(25)29-32-34-35-33-29/h3-11,13-16,21H,12,17-20H2,1-2H3,(H,32,33,34,35). The molecule has 0 spiro atoms. The van der Waals surface area contributed by atoms with Crippen molar-refractivity contribution in [2.45, 2.75) is 46.2 Å². The number of nitrogens with one attached hydrogen (secondary N) is 1. The van der Waals surface area contributed by atoms with E-state index in [1.165, 1.54) is 4.57 Å². The lowest BCUT2D eigenvalue weighted by atomic mass is 9.98. The second-order valence-corrected chi connectivity index (χ2v) is 9.90. The first-order valence-corrected chi connectivity index (χ1v) is 12.9. The summed E-state index contributed by atoms with van der Waals surface area (Å²) < 4.78 is 18.5. The smallest absolute Gasteiger partial charge is 0.289 e. The molecule has 0 fully saturated rings. The number of nitrogens with zero attached hydrogens (tertiary/aromatic N) is 5. The quantitative estimate of drug-likeness (QED) is 0.268. The van der Waals surface area contributed by atoms with Crippen molar-refractivity contribution in [3.8, 4) is 22.5 Å². The molecule has 0 atom stereocenters. The number of halogens is 1. The number of rotatable bonds is 10. The van der Waals surface area contributed by atoms with Crippen LogP contribution in [0, 0.1) is 11.9 Å². The van der Waals surface area contributed by atoms with E-state index in [9.17, 15) is 4.79 Å². The molecule has 0 amide bonds. The number of H-pyrrole nitrogens is 1. The zero-order valence-corrected chi connectivity index (χ0v) is 21.6. The fourth-order valence-electron chi connectivity index (χ4n) is 4.70. The van der Waals surface area contributed by atoms with Gasteiger partial charge in [0.2, 0.25) is 11.8 Å². The van der Waals surface area contributed by atoms with Crippen LogP contribution in [0.2, 0.25) is 0 Å². The van der Waals surface area contributed by atoms with Crippen LogP contribution in [0.1, 0.15) is 37.1 Å². The summed E-state index contributed by atoms with van der Waals surface area (Å²) in [5.74, 6) is 0.514. The number of aryl methyl sites for hydroxylation is 1. The molecule has 0 unspecified atom stereocenters. The van der Waals surface area contributed by atoms with Crippen molar-refractivity contribution in [2.75, 3.05) is 0 Å². The van der Waals surface area contributed by atoms with Gasteiger partial charge in [0.15, 0.2) is 0 Å². The van der Waals surface area contributed by atoms with Crippen LogP contribution >= 0.6 is 0 Å². The average Bonchev–Trinajstić information content (AvgIpc) is 3.55. The molecule has 5 aromatic rings. The molecule has 1 N–H and O–H groups in total. The summed E-state index contributed by atoms with van der Waals surface area (Å²) in [6.45, 7) is 4.84. The molecule has 0 radical (unpaired) electrons. The van der Waals surface area contributed by atoms with E-state index in [1.54, 1.807) is 4.57 Å². The third kappa shape index (κ3) is 5.49. The van der Waals surface area contributed by atoms with Gasteiger partial charge in [-0.25, -0.2) is 4.79 Å². The van der Waals surface area contributed by atoms with Gasteiger partial charge < -0.3 is 0 Å². The van der Waals surface area contributed by atoms with Crippen molar-refractivity contribution in [2.24, 2.45) is 5.92 Å². The predicted octanol–water partition coefficient (Wildman–Crippen LogP) is 5.52. The second-order valence-electron chi connectivity index (χ2n) is 9.90. The number of aromatic nitrogens is 6. The molecule has 0 saturated heterocycles. The van der Waals surface area contributed by atoms with Gasteiger partial charge in [-0.15, -0.1) is 10.2 Å². The van der Waals surface area contributed by atoms with Crippen LogP contribution in [0.4, 0.5) is 4.39 Å². The van der Waals surface area contributed by atoms with Crippen LogP contribution in [0.3, 0.4) is 0 Å². The average molecular weight is 511 g/mol. The zero-order chi connectivity index (χ0) is 26.5. The van der Waals surface area contributed by atoms with Crippen molar-refractivity contribution in [3.63, 3.8) is 0 Å². The summed E-state index contributed by atoms with van der Waals surface area (Å²) in [5, 5.41) is 14.4. The van der Waals surface area contributed by atoms with Crippen molar-refractivity contribution in [1.82, 2.24) is 29.8 Å². The van der Waals surface area contributed by atoms with Crippen molar-refractivity contribution in [3.05, 3.63) is 112 Å². The van der Waals surface area contributed by atoms with Crippen molar-refractivity contribution >= 4 is 0 Å². The van der Waals surface area contributed by atoms with Crippen LogP contribution in [-0.4, -0.2) is 29.8 Å². The molecule has 0 aliphatic rings. The maximum absolute atomic E-state index is 15.6. The van der Waals surface area contributed by atoms with E-state index in [1.807, 2.05) is 78.9 Å². The van der Waals surface area contributed by atoms with Crippen LogP contribution in [0.5, 0.6) is 0 Å². The lowest BCUT2D eigenvalue weighted by molar-refractivity contribution is 0.472. The molecule has 194 valence electrons. The maximum Gasteiger partial charge on any atom is 0.330 e. The molecule has 2 heterocycles. The van der Waals surface area contributed by atoms with Gasteiger partial charge in [0, 0.05) is 12.1 Å². The Morgan fingerprint density at radius 3 is 2.24 bits per heavy atom. The Morgan fingerprint density at radius 2 is 1.55 bits per heavy atom. The van der Waals surface area contributed by atoms with Crippen molar-refractivity contribution < 1.29 is 4.39 Å². The zero-order valence-electron chi connectivity index (χ0n) is 21.6. The van der Waals surface area contributed by atoms with E-state index in [4.69, 9.17) is 0 Å². The molecule has 2 aromatic heterocycles. The van der Waals surface area contributed by atoms with Gasteiger partial charge in [-0.1, -0.05) is 92.7 Å². The molecule has 0 saturated carbocycles. The Morgan fingerprint density at radius 1 is 0.842 bits per heavy atom. The van der Waals surface area contributed by atoms with Crippen molar-refractivity contribution in [1.29, 1.82) is 0 Å². The normalized spacial score (nSPS) is 11.4. The number of hydrogen-bond donors (Lipinski definition) is 1. The molecule has 3 aromatic carbocycles. The summed E-state index contributed by atoms with van der Waals surface area (Å²) in [7, 11) is 0. The van der Waals surface area contributed by atoms with E-state index in [2.05, 4.69) is 34.5 Å². The van der Waals surface area contributed by atoms with Gasteiger partial charge in [0.25, 0.3) is 0 Å². The Labute approximate surface area is 221 Å². The molecular weight excluding hydrogens is 479 g/mol. The fraction of sp³-hybridized carbons (Fsp3) is 0.267. The number of aromatic amines is 1. The summed E-state index contributed by atoms with van der Waals surface area (Å²) in [6, 6.07) is 25.7. The minimum atomic E-state index is -0.419. The highest BCUT2D eigenvalue weighted by Crippen LogP contribution is 2.30. The molecule has 8 heteroatoms. The molecule has 38 heavy (non-hydrogen) atoms. The summed E-state index contributed by atoms with van der Waals surface area (Å²) >= 11 is 0. The third-order valence-electron chi connectivity index (χ3n) is 6.81. The van der Waals surface area contributed by atoms with E-state index in [0.29, 0.717) is 43.4 Å². The highest BCUT2D eigenvalue weighted by Gasteiger charge is 2.20. The lowest BCUT2D eigenvalue weighted by Crippen LogP contribution is -2.26. The first-order chi connectivity index (χ1) is 18.5. The lowest BCUT2D eigenvalue weighted by Gasteiger charge is -2.11. The number of imidazole rings is 1. The molecule has 0 bridgehead atoms. The summed E-state index contributed by atoms with van der Waals surface area (Å²) in [5.41, 5.74) is 5.03. The van der Waals surface area contributed by atoms with E-state index >= 15 is 4.39 Å². The molecule has 7 nitrogen and oxygen atoms in total. The SMILES string of the molecule is CC(C)CCc1c(F)n(CCc2ccccc2)c(=O)n1Cc1ccc(-c2ccccc2-c2nn[nH]n2)cc1. The fourth-order valence-corrected chi connectivity index (χ4v) is 4.70. The Kier molecular flexibility index (Phi) is 7.58. The highest BCUT2D eigenvalue weighted by atomic mass is 19.1. The van der Waals surface area contributed by atoms with Crippen LogP contribution in [-0.2, 0) is 25.9 Å². The number of benzene rings is 3. The van der Waals surface area contributed by atoms with Gasteiger partial charge in [-0.3, -0.25) is 9.13 Å². The van der Waals surface area contributed by atoms with Crippen LogP contribution < -0.4 is 5.69 Å². The topological polar surface area (TPSA) is 81.4 Å². The second kappa shape index (κ2) is 11.4. The third-order valence-corrected chi connectivity index (χ3v) is 6.81. The Balaban J connectivity index is 1.42. The molecule has 0 aliphatic carbocycles. The Bertz CT molecular complexity index is 1540.